The molecule has 6 nitrogen and oxygen atoms in total. The molecule has 0 amide bonds. The largest absolute Gasteiger partial charge is 0.492 e. The van der Waals surface area contributed by atoms with Crippen LogP contribution in [0.5, 0.6) is 5.75 Å². The first-order valence-corrected chi connectivity index (χ1v) is 6.40. The molecule has 0 atom stereocenters. The van der Waals surface area contributed by atoms with E-state index in [4.69, 9.17) is 9.84 Å². The molecule has 21 heavy (non-hydrogen) atoms. The molecule has 0 aliphatic carbocycles. The molecule has 0 radical (unpaired) electrons. The Kier molecular flexibility index (Phi) is 4.39. The molecule has 0 aliphatic heterocycles. The Morgan fingerprint density at radius 3 is 2.71 bits per heavy atom. The fraction of sp³-hybridized carbons (Fsp3) is 0.200. The predicted molar refractivity (Wildman–Crippen MR) is 76.4 cm³/mol. The number of carbonyl (C=O) groups is 2. The number of hydrogen-bond donors (Lipinski definition) is 2. The molecule has 2 N–H and O–H groups in total. The summed E-state index contributed by atoms with van der Waals surface area (Å²) < 4.78 is 6.78. The molecular formula is C15H15NO5. The molecule has 0 bridgehead atoms. The highest BCUT2D eigenvalue weighted by molar-refractivity contribution is 6.03. The van der Waals surface area contributed by atoms with Crippen LogP contribution in [-0.4, -0.2) is 33.3 Å². The van der Waals surface area contributed by atoms with Crippen molar-refractivity contribution in [1.29, 1.82) is 0 Å². The summed E-state index contributed by atoms with van der Waals surface area (Å²) in [5.41, 5.74) is 1.09. The maximum absolute atomic E-state index is 12.1. The summed E-state index contributed by atoms with van der Waals surface area (Å²) in [6.07, 6.45) is 3.23. The number of aliphatic carboxylic acids is 1. The molecule has 2 rings (SSSR count). The first-order valence-electron chi connectivity index (χ1n) is 6.40. The maximum atomic E-state index is 12.1. The Labute approximate surface area is 120 Å². The van der Waals surface area contributed by atoms with E-state index in [1.54, 1.807) is 18.2 Å². The van der Waals surface area contributed by atoms with Gasteiger partial charge in [0.25, 0.3) is 5.91 Å². The Bertz CT molecular complexity index is 714. The monoisotopic (exact) mass is 289 g/mol. The standard InChI is InChI=1S/C15H15NO5/c1-2-21-12-5-3-4-11-10(9-17)8-16(15(11)12)13(18)6-7-14(19)20/h3-8,17H,2,9H2,1H3,(H,19,20)/b7-6+. The average Bonchev–Trinajstić information content (AvgIpc) is 2.85. The first-order chi connectivity index (χ1) is 10.1. The molecule has 0 aliphatic rings. The van der Waals surface area contributed by atoms with E-state index in [0.29, 0.717) is 28.8 Å². The average molecular weight is 289 g/mol. The van der Waals surface area contributed by atoms with E-state index in [-0.39, 0.29) is 6.61 Å². The second kappa shape index (κ2) is 6.23. The van der Waals surface area contributed by atoms with Crippen molar-refractivity contribution < 1.29 is 24.5 Å². The maximum Gasteiger partial charge on any atom is 0.328 e. The Balaban J connectivity index is 2.62. The van der Waals surface area contributed by atoms with Crippen molar-refractivity contribution >= 4 is 22.8 Å². The molecule has 6 heteroatoms. The van der Waals surface area contributed by atoms with Crippen molar-refractivity contribution in [3.05, 3.63) is 42.1 Å². The summed E-state index contributed by atoms with van der Waals surface area (Å²) in [7, 11) is 0. The number of carboxylic acid groups (broad SMARTS) is 1. The lowest BCUT2D eigenvalue weighted by atomic mass is 10.2. The van der Waals surface area contributed by atoms with Crippen LogP contribution in [0.4, 0.5) is 0 Å². The van der Waals surface area contributed by atoms with Crippen LogP contribution in [0.15, 0.2) is 36.5 Å². The molecule has 110 valence electrons. The predicted octanol–water partition coefficient (Wildman–Crippen LogP) is 1.81. The van der Waals surface area contributed by atoms with Crippen LogP contribution < -0.4 is 4.74 Å². The van der Waals surface area contributed by atoms with Crippen LogP contribution in [-0.2, 0) is 11.4 Å². The normalized spacial score (nSPS) is 11.1. The minimum Gasteiger partial charge on any atom is -0.492 e. The number of nitrogens with zero attached hydrogens (tertiary/aromatic N) is 1. The molecule has 1 heterocycles. The van der Waals surface area contributed by atoms with E-state index in [1.807, 2.05) is 6.92 Å². The molecule has 0 saturated heterocycles. The third-order valence-corrected chi connectivity index (χ3v) is 2.95. The number of para-hydroxylation sites is 1. The van der Waals surface area contributed by atoms with Gasteiger partial charge in [-0.2, -0.15) is 0 Å². The molecule has 1 aromatic carbocycles. The van der Waals surface area contributed by atoms with Gasteiger partial charge in [0.2, 0.25) is 0 Å². The van der Waals surface area contributed by atoms with Gasteiger partial charge in [-0.25, -0.2) is 4.79 Å². The lowest BCUT2D eigenvalue weighted by Gasteiger charge is -2.07. The van der Waals surface area contributed by atoms with Crippen LogP contribution in [0.25, 0.3) is 10.9 Å². The number of allylic oxidation sites excluding steroid dienone is 1. The summed E-state index contributed by atoms with van der Waals surface area (Å²) in [5, 5.41) is 18.7. The van der Waals surface area contributed by atoms with Gasteiger partial charge in [0, 0.05) is 29.3 Å². The van der Waals surface area contributed by atoms with Gasteiger partial charge in [-0.15, -0.1) is 0 Å². The van der Waals surface area contributed by atoms with Crippen LogP contribution >= 0.6 is 0 Å². The SMILES string of the molecule is CCOc1cccc2c(CO)cn(C(=O)/C=C/C(=O)O)c12. The minimum absolute atomic E-state index is 0.227. The number of ether oxygens (including phenoxy) is 1. The quantitative estimate of drug-likeness (QED) is 0.819. The van der Waals surface area contributed by atoms with Crippen molar-refractivity contribution in [2.45, 2.75) is 13.5 Å². The summed E-state index contributed by atoms with van der Waals surface area (Å²) in [6, 6.07) is 5.26. The third-order valence-electron chi connectivity index (χ3n) is 2.95. The second-order valence-corrected chi connectivity index (χ2v) is 4.28. The highest BCUT2D eigenvalue weighted by Gasteiger charge is 2.15. The van der Waals surface area contributed by atoms with Crippen molar-refractivity contribution in [2.75, 3.05) is 6.61 Å². The van der Waals surface area contributed by atoms with E-state index >= 15 is 0 Å². The topological polar surface area (TPSA) is 88.8 Å². The molecule has 2 aromatic rings. The molecular weight excluding hydrogens is 274 g/mol. The number of aliphatic hydroxyl groups excluding tert-OH is 1. The number of aliphatic hydroxyl groups is 1. The Morgan fingerprint density at radius 2 is 2.10 bits per heavy atom. The minimum atomic E-state index is -1.20. The smallest absolute Gasteiger partial charge is 0.328 e. The first kappa shape index (κ1) is 14.8. The van der Waals surface area contributed by atoms with Gasteiger partial charge in [-0.05, 0) is 13.0 Å². The number of benzene rings is 1. The number of carbonyl (C=O) groups excluding carboxylic acids is 1. The summed E-state index contributed by atoms with van der Waals surface area (Å²) >= 11 is 0. The van der Waals surface area contributed by atoms with Gasteiger partial charge in [0.1, 0.15) is 5.75 Å². The van der Waals surface area contributed by atoms with E-state index in [0.717, 1.165) is 12.2 Å². The van der Waals surface area contributed by atoms with E-state index < -0.39 is 11.9 Å². The van der Waals surface area contributed by atoms with E-state index in [2.05, 4.69) is 0 Å². The van der Waals surface area contributed by atoms with E-state index in [9.17, 15) is 14.7 Å². The highest BCUT2D eigenvalue weighted by atomic mass is 16.5. The van der Waals surface area contributed by atoms with Gasteiger partial charge >= 0.3 is 5.97 Å². The number of hydrogen-bond acceptors (Lipinski definition) is 4. The van der Waals surface area contributed by atoms with Gasteiger partial charge in [-0.3, -0.25) is 9.36 Å². The Morgan fingerprint density at radius 1 is 1.33 bits per heavy atom. The number of fused-ring (bicyclic) bond motifs is 1. The van der Waals surface area contributed by atoms with Crippen LogP contribution in [0.1, 0.15) is 17.3 Å². The van der Waals surface area contributed by atoms with Crippen molar-refractivity contribution in [3.63, 3.8) is 0 Å². The van der Waals surface area contributed by atoms with Crippen LogP contribution in [0.3, 0.4) is 0 Å². The third kappa shape index (κ3) is 2.95. The molecule has 0 spiro atoms. The van der Waals surface area contributed by atoms with Gasteiger partial charge in [-0.1, -0.05) is 12.1 Å². The van der Waals surface area contributed by atoms with Crippen molar-refractivity contribution in [1.82, 2.24) is 4.57 Å². The zero-order valence-electron chi connectivity index (χ0n) is 11.4. The van der Waals surface area contributed by atoms with Gasteiger partial charge in [0.05, 0.1) is 18.7 Å². The van der Waals surface area contributed by atoms with Crippen LogP contribution in [0, 0.1) is 0 Å². The molecule has 0 saturated carbocycles. The number of aromatic nitrogens is 1. The number of carboxylic acids is 1. The molecule has 1 aromatic heterocycles. The van der Waals surface area contributed by atoms with Gasteiger partial charge < -0.3 is 14.9 Å². The van der Waals surface area contributed by atoms with Crippen LogP contribution in [0.2, 0.25) is 0 Å². The lowest BCUT2D eigenvalue weighted by molar-refractivity contribution is -0.131. The fourth-order valence-electron chi connectivity index (χ4n) is 2.11. The van der Waals surface area contributed by atoms with Crippen molar-refractivity contribution in [3.8, 4) is 5.75 Å². The summed E-state index contributed by atoms with van der Waals surface area (Å²) in [5.74, 6) is -1.21. The zero-order chi connectivity index (χ0) is 15.4. The molecule has 0 unspecified atom stereocenters. The summed E-state index contributed by atoms with van der Waals surface area (Å²) in [4.78, 5) is 22.6. The lowest BCUT2D eigenvalue weighted by Crippen LogP contribution is -2.07. The highest BCUT2D eigenvalue weighted by Crippen LogP contribution is 2.30. The molecule has 0 fully saturated rings. The zero-order valence-corrected chi connectivity index (χ0v) is 11.4. The Hall–Kier alpha value is -2.60. The second-order valence-electron chi connectivity index (χ2n) is 4.28. The number of rotatable bonds is 5. The fourth-order valence-corrected chi connectivity index (χ4v) is 2.11. The van der Waals surface area contributed by atoms with Gasteiger partial charge in [0.15, 0.2) is 0 Å². The van der Waals surface area contributed by atoms with E-state index in [1.165, 1.54) is 10.8 Å². The summed E-state index contributed by atoms with van der Waals surface area (Å²) in [6.45, 7) is 2.03. The van der Waals surface area contributed by atoms with Crippen molar-refractivity contribution in [2.24, 2.45) is 0 Å².